The first-order chi connectivity index (χ1) is 6.27. The highest BCUT2D eigenvalue weighted by atomic mass is 127. The lowest BCUT2D eigenvalue weighted by Gasteiger charge is -2.26. The lowest BCUT2D eigenvalue weighted by atomic mass is 10.1. The molecule has 0 aromatic carbocycles. The van der Waals surface area contributed by atoms with Crippen LogP contribution >= 0.6 is 22.6 Å². The molecule has 3 nitrogen and oxygen atoms in total. The zero-order valence-corrected chi connectivity index (χ0v) is 9.24. The first kappa shape index (κ1) is 9.39. The van der Waals surface area contributed by atoms with E-state index in [4.69, 9.17) is 0 Å². The number of hydrogen-bond acceptors (Lipinski definition) is 2. The second-order valence-corrected chi connectivity index (χ2v) is 4.46. The summed E-state index contributed by atoms with van der Waals surface area (Å²) in [7, 11) is 0. The first-order valence-electron chi connectivity index (χ1n) is 4.32. The number of rotatable bonds is 1. The Morgan fingerprint density at radius 3 is 3.15 bits per heavy atom. The van der Waals surface area contributed by atoms with Crippen molar-refractivity contribution in [3.63, 3.8) is 0 Å². The van der Waals surface area contributed by atoms with Crippen LogP contribution < -0.4 is 5.32 Å². The molecule has 72 valence electrons. The van der Waals surface area contributed by atoms with Crippen molar-refractivity contribution in [2.24, 2.45) is 0 Å². The van der Waals surface area contributed by atoms with Crippen molar-refractivity contribution in [1.82, 2.24) is 15.1 Å². The van der Waals surface area contributed by atoms with Crippen molar-refractivity contribution in [3.8, 4) is 0 Å². The standard InChI is InChI=1S/C8H11FIN3/c9-7-4-11-2-1-8(7)13-5-6(10)3-12-13/h3,5,7-8,11H,1-2,4H2/t7-,8+/m0/s1. The SMILES string of the molecule is F[C@H]1CNCC[C@H]1n1cc(I)cn1. The third kappa shape index (κ3) is 2.01. The molecule has 2 atom stereocenters. The van der Waals surface area contributed by atoms with Crippen LogP contribution in [0.2, 0.25) is 0 Å². The molecule has 1 fully saturated rings. The van der Waals surface area contributed by atoms with E-state index in [1.807, 2.05) is 6.20 Å². The van der Waals surface area contributed by atoms with E-state index in [1.165, 1.54) is 0 Å². The summed E-state index contributed by atoms with van der Waals surface area (Å²) in [5, 5.41) is 7.15. The van der Waals surface area contributed by atoms with Gasteiger partial charge in [-0.25, -0.2) is 4.39 Å². The van der Waals surface area contributed by atoms with Gasteiger partial charge in [-0.2, -0.15) is 5.10 Å². The van der Waals surface area contributed by atoms with Gasteiger partial charge in [0.2, 0.25) is 0 Å². The maximum absolute atomic E-state index is 13.4. The average Bonchev–Trinajstić information content (AvgIpc) is 2.53. The molecular weight excluding hydrogens is 284 g/mol. The zero-order valence-electron chi connectivity index (χ0n) is 7.08. The monoisotopic (exact) mass is 295 g/mol. The Morgan fingerprint density at radius 1 is 1.69 bits per heavy atom. The van der Waals surface area contributed by atoms with Gasteiger partial charge in [0, 0.05) is 12.7 Å². The summed E-state index contributed by atoms with van der Waals surface area (Å²) in [5.74, 6) is 0. The number of alkyl halides is 1. The van der Waals surface area contributed by atoms with Crippen LogP contribution in [0.3, 0.4) is 0 Å². The molecule has 1 aliphatic rings. The molecule has 0 spiro atoms. The molecule has 0 saturated carbocycles. The third-order valence-electron chi connectivity index (χ3n) is 2.28. The molecule has 1 aliphatic heterocycles. The van der Waals surface area contributed by atoms with Crippen LogP contribution in [0, 0.1) is 3.57 Å². The summed E-state index contributed by atoms with van der Waals surface area (Å²) < 4.78 is 16.2. The highest BCUT2D eigenvalue weighted by Crippen LogP contribution is 2.21. The number of aromatic nitrogens is 2. The fourth-order valence-corrected chi connectivity index (χ4v) is 2.01. The zero-order chi connectivity index (χ0) is 9.26. The lowest BCUT2D eigenvalue weighted by Crippen LogP contribution is -2.39. The van der Waals surface area contributed by atoms with E-state index in [0.29, 0.717) is 6.54 Å². The summed E-state index contributed by atoms with van der Waals surface area (Å²) in [5.41, 5.74) is 0. The minimum atomic E-state index is -0.815. The van der Waals surface area contributed by atoms with Crippen molar-refractivity contribution in [2.45, 2.75) is 18.6 Å². The molecule has 0 radical (unpaired) electrons. The van der Waals surface area contributed by atoms with Gasteiger partial charge >= 0.3 is 0 Å². The normalized spacial score (nSPS) is 29.1. The maximum atomic E-state index is 13.4. The smallest absolute Gasteiger partial charge is 0.135 e. The Bertz CT molecular complexity index is 289. The molecule has 0 bridgehead atoms. The number of hydrogen-bond donors (Lipinski definition) is 1. The van der Waals surface area contributed by atoms with Gasteiger partial charge in [0.1, 0.15) is 6.17 Å². The quantitative estimate of drug-likeness (QED) is 0.793. The van der Waals surface area contributed by atoms with Gasteiger partial charge in [-0.15, -0.1) is 0 Å². The number of piperidine rings is 1. The van der Waals surface area contributed by atoms with Crippen LogP contribution in [0.4, 0.5) is 4.39 Å². The predicted molar refractivity (Wildman–Crippen MR) is 56.4 cm³/mol. The van der Waals surface area contributed by atoms with Crippen LogP contribution in [-0.4, -0.2) is 29.0 Å². The van der Waals surface area contributed by atoms with Gasteiger partial charge in [-0.3, -0.25) is 4.68 Å². The molecule has 1 aromatic rings. The summed E-state index contributed by atoms with van der Waals surface area (Å²) in [4.78, 5) is 0. The Hall–Kier alpha value is -0.170. The topological polar surface area (TPSA) is 29.9 Å². The molecule has 2 rings (SSSR count). The van der Waals surface area contributed by atoms with Gasteiger partial charge < -0.3 is 5.32 Å². The van der Waals surface area contributed by atoms with Crippen molar-refractivity contribution >= 4 is 22.6 Å². The van der Waals surface area contributed by atoms with Crippen molar-refractivity contribution in [1.29, 1.82) is 0 Å². The minimum absolute atomic E-state index is 0.0789. The van der Waals surface area contributed by atoms with Crippen LogP contribution in [0.1, 0.15) is 12.5 Å². The van der Waals surface area contributed by atoms with Gasteiger partial charge in [-0.1, -0.05) is 0 Å². The second-order valence-electron chi connectivity index (χ2n) is 3.21. The molecule has 1 N–H and O–H groups in total. The third-order valence-corrected chi connectivity index (χ3v) is 2.84. The van der Waals surface area contributed by atoms with E-state index < -0.39 is 6.17 Å². The second kappa shape index (κ2) is 3.91. The Kier molecular flexibility index (Phi) is 2.83. The molecular formula is C8H11FIN3. The van der Waals surface area contributed by atoms with Crippen LogP contribution in [0.15, 0.2) is 12.4 Å². The van der Waals surface area contributed by atoms with E-state index in [0.717, 1.165) is 16.5 Å². The lowest BCUT2D eigenvalue weighted by molar-refractivity contribution is 0.173. The molecule has 0 amide bonds. The summed E-state index contributed by atoms with van der Waals surface area (Å²) in [6.07, 6.45) is 3.65. The Balaban J connectivity index is 2.14. The van der Waals surface area contributed by atoms with Crippen molar-refractivity contribution in [3.05, 3.63) is 16.0 Å². The fraction of sp³-hybridized carbons (Fsp3) is 0.625. The van der Waals surface area contributed by atoms with Crippen molar-refractivity contribution in [2.75, 3.05) is 13.1 Å². The summed E-state index contributed by atoms with van der Waals surface area (Å²) >= 11 is 2.18. The van der Waals surface area contributed by atoms with E-state index in [9.17, 15) is 4.39 Å². The number of nitrogens with zero attached hydrogens (tertiary/aromatic N) is 2. The summed E-state index contributed by atoms with van der Waals surface area (Å²) in [6, 6.07) is -0.0789. The summed E-state index contributed by atoms with van der Waals surface area (Å²) in [6.45, 7) is 1.32. The Labute approximate surface area is 89.8 Å². The molecule has 13 heavy (non-hydrogen) atoms. The van der Waals surface area contributed by atoms with Crippen LogP contribution in [0.25, 0.3) is 0 Å². The van der Waals surface area contributed by atoms with E-state index in [1.54, 1.807) is 10.9 Å². The molecule has 2 heterocycles. The van der Waals surface area contributed by atoms with Gasteiger partial charge in [0.05, 0.1) is 15.8 Å². The van der Waals surface area contributed by atoms with E-state index in [2.05, 4.69) is 33.0 Å². The first-order valence-corrected chi connectivity index (χ1v) is 5.39. The maximum Gasteiger partial charge on any atom is 0.135 e. The molecule has 1 saturated heterocycles. The van der Waals surface area contributed by atoms with Crippen LogP contribution in [0.5, 0.6) is 0 Å². The van der Waals surface area contributed by atoms with Gasteiger partial charge in [0.25, 0.3) is 0 Å². The van der Waals surface area contributed by atoms with Crippen molar-refractivity contribution < 1.29 is 4.39 Å². The van der Waals surface area contributed by atoms with E-state index >= 15 is 0 Å². The average molecular weight is 295 g/mol. The fourth-order valence-electron chi connectivity index (χ4n) is 1.60. The molecule has 0 unspecified atom stereocenters. The largest absolute Gasteiger partial charge is 0.314 e. The predicted octanol–water partition coefficient (Wildman–Crippen LogP) is 1.36. The van der Waals surface area contributed by atoms with Crippen LogP contribution in [-0.2, 0) is 0 Å². The Morgan fingerprint density at radius 2 is 2.54 bits per heavy atom. The molecule has 1 aromatic heterocycles. The highest BCUT2D eigenvalue weighted by Gasteiger charge is 2.26. The number of halogens is 2. The molecule has 0 aliphatic carbocycles. The highest BCUT2D eigenvalue weighted by molar-refractivity contribution is 14.1. The van der Waals surface area contributed by atoms with E-state index in [-0.39, 0.29) is 6.04 Å². The van der Waals surface area contributed by atoms with Gasteiger partial charge in [-0.05, 0) is 35.6 Å². The molecule has 5 heteroatoms. The minimum Gasteiger partial charge on any atom is -0.314 e. The number of nitrogens with one attached hydrogen (secondary N) is 1. The van der Waals surface area contributed by atoms with Gasteiger partial charge in [0.15, 0.2) is 0 Å².